The standard InChI is InChI=1S/C29H23Cl2N3O/c1-35-25-13-2-19(3-14-25)17-32-28-18-33-34-27-15-8-22(16-26(27)28)29(20-4-9-23(30)10-5-20)21-6-11-24(31)12-7-21/h2-16,18,29H,17H2,1H3,(H,32,34). The van der Waals surface area contributed by atoms with E-state index in [1.54, 1.807) is 13.3 Å². The summed E-state index contributed by atoms with van der Waals surface area (Å²) < 4.78 is 5.26. The number of rotatable bonds is 7. The first-order chi connectivity index (χ1) is 17.1. The second-order valence-electron chi connectivity index (χ2n) is 8.27. The lowest BCUT2D eigenvalue weighted by atomic mass is 9.84. The number of hydrogen-bond acceptors (Lipinski definition) is 4. The molecule has 0 amide bonds. The van der Waals surface area contributed by atoms with E-state index < -0.39 is 0 Å². The van der Waals surface area contributed by atoms with Crippen molar-refractivity contribution in [1.82, 2.24) is 10.2 Å². The normalized spacial score (nSPS) is 11.1. The topological polar surface area (TPSA) is 47.0 Å². The number of benzene rings is 4. The number of methoxy groups -OCH3 is 1. The molecule has 0 saturated heterocycles. The molecule has 0 radical (unpaired) electrons. The van der Waals surface area contributed by atoms with E-state index in [1.165, 1.54) is 0 Å². The molecule has 4 nitrogen and oxygen atoms in total. The molecular formula is C29H23Cl2N3O. The van der Waals surface area contributed by atoms with Gasteiger partial charge in [0.2, 0.25) is 0 Å². The number of aromatic nitrogens is 2. The van der Waals surface area contributed by atoms with Gasteiger partial charge in [-0.2, -0.15) is 10.2 Å². The molecule has 0 unspecified atom stereocenters. The van der Waals surface area contributed by atoms with E-state index in [-0.39, 0.29) is 5.92 Å². The number of ether oxygens (including phenoxy) is 1. The first-order valence-electron chi connectivity index (χ1n) is 11.2. The molecule has 0 saturated carbocycles. The smallest absolute Gasteiger partial charge is 0.118 e. The van der Waals surface area contributed by atoms with Gasteiger partial charge in [-0.05, 0) is 70.8 Å². The maximum Gasteiger partial charge on any atom is 0.118 e. The highest BCUT2D eigenvalue weighted by Gasteiger charge is 2.18. The van der Waals surface area contributed by atoms with Crippen LogP contribution in [0.3, 0.4) is 0 Å². The third-order valence-corrected chi connectivity index (χ3v) is 6.55. The number of anilines is 1. The average molecular weight is 500 g/mol. The van der Waals surface area contributed by atoms with E-state index in [4.69, 9.17) is 27.9 Å². The summed E-state index contributed by atoms with van der Waals surface area (Å²) in [7, 11) is 1.67. The van der Waals surface area contributed by atoms with Gasteiger partial charge in [0, 0.05) is 27.9 Å². The van der Waals surface area contributed by atoms with Crippen molar-refractivity contribution in [3.63, 3.8) is 0 Å². The van der Waals surface area contributed by atoms with Crippen LogP contribution in [-0.2, 0) is 6.54 Å². The predicted octanol–water partition coefficient (Wildman–Crippen LogP) is 7.74. The maximum atomic E-state index is 6.18. The lowest BCUT2D eigenvalue weighted by molar-refractivity contribution is 0.414. The molecule has 0 aliphatic heterocycles. The Balaban J connectivity index is 1.53. The van der Waals surface area contributed by atoms with Crippen LogP contribution in [0.2, 0.25) is 10.0 Å². The largest absolute Gasteiger partial charge is 0.497 e. The zero-order chi connectivity index (χ0) is 24.2. The lowest BCUT2D eigenvalue weighted by Gasteiger charge is -2.20. The molecule has 35 heavy (non-hydrogen) atoms. The summed E-state index contributed by atoms with van der Waals surface area (Å²) in [6.07, 6.45) is 1.77. The molecule has 0 aliphatic carbocycles. The van der Waals surface area contributed by atoms with Crippen molar-refractivity contribution < 1.29 is 4.74 Å². The molecule has 1 heterocycles. The summed E-state index contributed by atoms with van der Waals surface area (Å²) in [5, 5.41) is 14.5. The van der Waals surface area contributed by atoms with Gasteiger partial charge >= 0.3 is 0 Å². The van der Waals surface area contributed by atoms with Gasteiger partial charge in [-0.25, -0.2) is 0 Å². The third-order valence-electron chi connectivity index (χ3n) is 6.05. The Morgan fingerprint density at radius 1 is 0.771 bits per heavy atom. The van der Waals surface area contributed by atoms with Gasteiger partial charge in [-0.3, -0.25) is 0 Å². The summed E-state index contributed by atoms with van der Waals surface area (Å²) in [6, 6.07) is 30.3. The molecule has 0 fully saturated rings. The van der Waals surface area contributed by atoms with Gasteiger partial charge in [0.25, 0.3) is 0 Å². The SMILES string of the molecule is COc1ccc(CNc2cnnc3ccc(C(c4ccc(Cl)cc4)c4ccc(Cl)cc4)cc23)cc1. The molecule has 6 heteroatoms. The van der Waals surface area contributed by atoms with Crippen LogP contribution < -0.4 is 10.1 Å². The molecule has 1 aromatic heterocycles. The zero-order valence-corrected chi connectivity index (χ0v) is 20.6. The molecular weight excluding hydrogens is 477 g/mol. The van der Waals surface area contributed by atoms with Crippen molar-refractivity contribution in [2.75, 3.05) is 12.4 Å². The van der Waals surface area contributed by atoms with Gasteiger partial charge < -0.3 is 10.1 Å². The van der Waals surface area contributed by atoms with E-state index in [2.05, 4.69) is 51.9 Å². The zero-order valence-electron chi connectivity index (χ0n) is 19.1. The second-order valence-corrected chi connectivity index (χ2v) is 9.15. The van der Waals surface area contributed by atoms with Gasteiger partial charge in [-0.15, -0.1) is 0 Å². The number of fused-ring (bicyclic) bond motifs is 1. The van der Waals surface area contributed by atoms with Crippen LogP contribution in [0.25, 0.3) is 10.9 Å². The van der Waals surface area contributed by atoms with Crippen molar-refractivity contribution in [2.24, 2.45) is 0 Å². The molecule has 0 atom stereocenters. The highest BCUT2D eigenvalue weighted by molar-refractivity contribution is 6.30. The van der Waals surface area contributed by atoms with Crippen LogP contribution >= 0.6 is 23.2 Å². The maximum absolute atomic E-state index is 6.18. The lowest BCUT2D eigenvalue weighted by Crippen LogP contribution is -2.05. The second kappa shape index (κ2) is 10.3. The van der Waals surface area contributed by atoms with E-state index in [1.807, 2.05) is 54.6 Å². The highest BCUT2D eigenvalue weighted by Crippen LogP contribution is 2.35. The minimum absolute atomic E-state index is 0.0107. The Labute approximate surface area is 214 Å². The van der Waals surface area contributed by atoms with Gasteiger partial charge in [0.15, 0.2) is 0 Å². The summed E-state index contributed by atoms with van der Waals surface area (Å²) >= 11 is 12.4. The molecule has 5 aromatic rings. The molecule has 0 bridgehead atoms. The minimum atomic E-state index is 0.0107. The molecule has 174 valence electrons. The van der Waals surface area contributed by atoms with Crippen molar-refractivity contribution in [3.8, 4) is 5.75 Å². The monoisotopic (exact) mass is 499 g/mol. The fourth-order valence-corrected chi connectivity index (χ4v) is 4.48. The van der Waals surface area contributed by atoms with Gasteiger partial charge in [0.05, 0.1) is 24.5 Å². The fourth-order valence-electron chi connectivity index (χ4n) is 4.22. The number of halogens is 2. The first kappa shape index (κ1) is 23.2. The molecule has 0 spiro atoms. The Bertz CT molecular complexity index is 1390. The number of nitrogens with one attached hydrogen (secondary N) is 1. The van der Waals surface area contributed by atoms with Crippen molar-refractivity contribution in [3.05, 3.63) is 129 Å². The Kier molecular flexibility index (Phi) is 6.84. The van der Waals surface area contributed by atoms with E-state index in [9.17, 15) is 0 Å². The van der Waals surface area contributed by atoms with Gasteiger partial charge in [-0.1, -0.05) is 65.7 Å². The van der Waals surface area contributed by atoms with Crippen LogP contribution in [0.5, 0.6) is 5.75 Å². The van der Waals surface area contributed by atoms with Crippen molar-refractivity contribution in [1.29, 1.82) is 0 Å². The number of nitrogens with zero attached hydrogens (tertiary/aromatic N) is 2. The minimum Gasteiger partial charge on any atom is -0.497 e. The average Bonchev–Trinajstić information content (AvgIpc) is 2.90. The van der Waals surface area contributed by atoms with Crippen LogP contribution in [0.4, 0.5) is 5.69 Å². The fraction of sp³-hybridized carbons (Fsp3) is 0.103. The summed E-state index contributed by atoms with van der Waals surface area (Å²) in [5.41, 5.74) is 6.34. The Morgan fingerprint density at radius 3 is 1.97 bits per heavy atom. The molecule has 0 aliphatic rings. The van der Waals surface area contributed by atoms with Crippen LogP contribution in [0, 0.1) is 0 Å². The first-order valence-corrected chi connectivity index (χ1v) is 12.0. The van der Waals surface area contributed by atoms with Crippen molar-refractivity contribution >= 4 is 39.8 Å². The van der Waals surface area contributed by atoms with E-state index >= 15 is 0 Å². The molecule has 5 rings (SSSR count). The van der Waals surface area contributed by atoms with Crippen LogP contribution in [0.15, 0.2) is 97.2 Å². The third kappa shape index (κ3) is 5.24. The quantitative estimate of drug-likeness (QED) is 0.232. The van der Waals surface area contributed by atoms with E-state index in [0.717, 1.165) is 44.6 Å². The van der Waals surface area contributed by atoms with E-state index in [0.29, 0.717) is 16.6 Å². The summed E-state index contributed by atoms with van der Waals surface area (Å²) in [6.45, 7) is 0.660. The predicted molar refractivity (Wildman–Crippen MR) is 144 cm³/mol. The highest BCUT2D eigenvalue weighted by atomic mass is 35.5. The Hall–Kier alpha value is -3.60. The molecule has 1 N–H and O–H groups in total. The Morgan fingerprint density at radius 2 is 1.37 bits per heavy atom. The summed E-state index contributed by atoms with van der Waals surface area (Å²) in [4.78, 5) is 0. The molecule has 4 aromatic carbocycles. The van der Waals surface area contributed by atoms with Crippen LogP contribution in [0.1, 0.15) is 28.2 Å². The number of hydrogen-bond donors (Lipinski definition) is 1. The van der Waals surface area contributed by atoms with Crippen molar-refractivity contribution in [2.45, 2.75) is 12.5 Å². The summed E-state index contributed by atoms with van der Waals surface area (Å²) in [5.74, 6) is 0.849. The van der Waals surface area contributed by atoms with Crippen LogP contribution in [-0.4, -0.2) is 17.3 Å². The van der Waals surface area contributed by atoms with Gasteiger partial charge in [0.1, 0.15) is 5.75 Å².